The second kappa shape index (κ2) is 8.27. The molecule has 0 aliphatic heterocycles. The maximum absolute atomic E-state index is 4.25. The summed E-state index contributed by atoms with van der Waals surface area (Å²) < 4.78 is 0.858. The monoisotopic (exact) mass is 206 g/mol. The molecule has 0 fully saturated rings. The Hall–Kier alpha value is 0.660. The minimum atomic E-state index is 0.858. The third-order valence-corrected chi connectivity index (χ3v) is 2.41. The molecule has 0 amide bonds. The maximum Gasteiger partial charge on any atom is -0.0287 e. The van der Waals surface area contributed by atoms with E-state index < -0.39 is 0 Å². The normalized spacial score (nSPS) is 11.5. The van der Waals surface area contributed by atoms with Gasteiger partial charge in [0.05, 0.1) is 0 Å². The number of thiol groups is 2. The van der Waals surface area contributed by atoms with Crippen molar-refractivity contribution in [2.45, 2.75) is 39.5 Å². The third-order valence-electron chi connectivity index (χ3n) is 1.85. The van der Waals surface area contributed by atoms with E-state index >= 15 is 0 Å². The number of rotatable bonds is 7. The predicted molar refractivity (Wildman–Crippen MR) is 62.6 cm³/mol. The first-order chi connectivity index (χ1) is 5.72. The highest BCUT2D eigenvalue weighted by Crippen LogP contribution is 2.18. The molecule has 0 heterocycles. The van der Waals surface area contributed by atoms with Crippen LogP contribution in [0, 0.1) is 4.71 Å². The van der Waals surface area contributed by atoms with Gasteiger partial charge in [-0.3, -0.25) is 0 Å². The molecule has 0 aromatic rings. The molecule has 12 heavy (non-hydrogen) atoms. The molecule has 0 N–H and O–H groups in total. The van der Waals surface area contributed by atoms with Crippen LogP contribution in [-0.2, 0) is 0 Å². The van der Waals surface area contributed by atoms with Crippen LogP contribution in [-0.4, -0.2) is 18.0 Å². The van der Waals surface area contributed by atoms with Crippen LogP contribution in [0.1, 0.15) is 39.5 Å². The number of unbranched alkanes of at least 4 members (excludes halogenated alkanes) is 2. The van der Waals surface area contributed by atoms with Crippen molar-refractivity contribution in [3.63, 3.8) is 0 Å². The van der Waals surface area contributed by atoms with Crippen LogP contribution in [0.3, 0.4) is 0 Å². The van der Waals surface area contributed by atoms with Gasteiger partial charge in [0, 0.05) is 0 Å². The highest BCUT2D eigenvalue weighted by molar-refractivity contribution is 8.03. The fourth-order valence-corrected chi connectivity index (χ4v) is 1.41. The van der Waals surface area contributed by atoms with Crippen molar-refractivity contribution >= 4 is 25.3 Å². The van der Waals surface area contributed by atoms with Crippen molar-refractivity contribution in [1.82, 2.24) is 4.90 Å². The van der Waals surface area contributed by atoms with E-state index in [2.05, 4.69) is 44.0 Å². The largest absolute Gasteiger partial charge is 0.434 e. The molecule has 3 heteroatoms. The van der Waals surface area contributed by atoms with E-state index in [1.807, 2.05) is 0 Å². The van der Waals surface area contributed by atoms with E-state index in [4.69, 9.17) is 0 Å². The fourth-order valence-electron chi connectivity index (χ4n) is 1.01. The van der Waals surface area contributed by atoms with Crippen LogP contribution >= 0.6 is 25.3 Å². The molecule has 0 bridgehead atoms. The Morgan fingerprint density at radius 3 is 1.67 bits per heavy atom. The number of nitrogens with zero attached hydrogens (tertiary/aromatic N) is 1. The van der Waals surface area contributed by atoms with Crippen LogP contribution in [0.5, 0.6) is 0 Å². The molecular weight excluding hydrogens is 186 g/mol. The van der Waals surface area contributed by atoms with Crippen molar-refractivity contribution in [3.05, 3.63) is 4.71 Å². The molecular formula is C9H20NS2-. The molecule has 0 spiro atoms. The summed E-state index contributed by atoms with van der Waals surface area (Å²) in [5, 5.41) is 0. The van der Waals surface area contributed by atoms with Gasteiger partial charge in [-0.25, -0.2) is 0 Å². The van der Waals surface area contributed by atoms with Crippen LogP contribution in [0.4, 0.5) is 0 Å². The molecule has 0 saturated carbocycles. The lowest BCUT2D eigenvalue weighted by Crippen LogP contribution is -2.25. The third kappa shape index (κ3) is 6.21. The summed E-state index contributed by atoms with van der Waals surface area (Å²) in [6.45, 7) is 6.60. The zero-order valence-corrected chi connectivity index (χ0v) is 9.87. The molecule has 0 radical (unpaired) electrons. The van der Waals surface area contributed by atoms with Crippen molar-refractivity contribution < 1.29 is 0 Å². The van der Waals surface area contributed by atoms with Gasteiger partial charge in [0.15, 0.2) is 0 Å². The lowest BCUT2D eigenvalue weighted by atomic mass is 10.3. The van der Waals surface area contributed by atoms with Crippen molar-refractivity contribution in [3.8, 4) is 0 Å². The van der Waals surface area contributed by atoms with Crippen molar-refractivity contribution in [2.24, 2.45) is 0 Å². The van der Waals surface area contributed by atoms with Crippen LogP contribution < -0.4 is 0 Å². The molecule has 0 rings (SSSR count). The first kappa shape index (κ1) is 12.7. The van der Waals surface area contributed by atoms with Gasteiger partial charge in [-0.05, 0) is 25.9 Å². The quantitative estimate of drug-likeness (QED) is 0.478. The van der Waals surface area contributed by atoms with Gasteiger partial charge < -0.3 is 30.2 Å². The Morgan fingerprint density at radius 2 is 1.42 bits per heavy atom. The lowest BCUT2D eigenvalue weighted by molar-refractivity contribution is 0.338. The van der Waals surface area contributed by atoms with Crippen molar-refractivity contribution in [2.75, 3.05) is 13.1 Å². The van der Waals surface area contributed by atoms with Gasteiger partial charge in [-0.1, -0.05) is 26.7 Å². The first-order valence-electron chi connectivity index (χ1n) is 4.72. The van der Waals surface area contributed by atoms with E-state index in [0.717, 1.165) is 17.8 Å². The van der Waals surface area contributed by atoms with Crippen LogP contribution in [0.25, 0.3) is 0 Å². The van der Waals surface area contributed by atoms with E-state index in [-0.39, 0.29) is 0 Å². The average Bonchev–Trinajstić information content (AvgIpc) is 2.04. The molecule has 0 saturated heterocycles. The Morgan fingerprint density at radius 1 is 1.00 bits per heavy atom. The minimum Gasteiger partial charge on any atom is -0.434 e. The van der Waals surface area contributed by atoms with Crippen LogP contribution in [0.2, 0.25) is 0 Å². The fraction of sp³-hybridized carbons (Fsp3) is 0.889. The lowest BCUT2D eigenvalue weighted by Gasteiger charge is -2.37. The molecule has 0 aromatic heterocycles. The minimum absolute atomic E-state index is 0.858. The van der Waals surface area contributed by atoms with E-state index in [1.165, 1.54) is 25.7 Å². The van der Waals surface area contributed by atoms with Gasteiger partial charge >= 0.3 is 0 Å². The summed E-state index contributed by atoms with van der Waals surface area (Å²) in [5.41, 5.74) is 0. The second-order valence-electron chi connectivity index (χ2n) is 2.99. The molecule has 0 aliphatic rings. The number of hydrogen-bond donors (Lipinski definition) is 2. The molecule has 0 aliphatic carbocycles. The van der Waals surface area contributed by atoms with Gasteiger partial charge in [-0.2, -0.15) is 4.71 Å². The molecule has 74 valence electrons. The molecule has 0 unspecified atom stereocenters. The Balaban J connectivity index is 3.55. The van der Waals surface area contributed by atoms with Gasteiger partial charge in [0.2, 0.25) is 0 Å². The Bertz CT molecular complexity index is 88.5. The highest BCUT2D eigenvalue weighted by atomic mass is 32.2. The van der Waals surface area contributed by atoms with Crippen molar-refractivity contribution in [1.29, 1.82) is 0 Å². The van der Waals surface area contributed by atoms with E-state index in [9.17, 15) is 0 Å². The van der Waals surface area contributed by atoms with E-state index in [1.54, 1.807) is 0 Å². The second-order valence-corrected chi connectivity index (χ2v) is 4.19. The molecule has 0 atom stereocenters. The summed E-state index contributed by atoms with van der Waals surface area (Å²) in [6.07, 6.45) is 4.93. The smallest absolute Gasteiger partial charge is 0.0287 e. The summed E-state index contributed by atoms with van der Waals surface area (Å²) in [5.74, 6) is 0. The standard InChI is InChI=1S/C9H20NS2/c1-3-5-7-10(9(11)12)8-6-4-2/h11-12H,3-8H2,1-2H3/q-1. The molecule has 0 aromatic carbocycles. The highest BCUT2D eigenvalue weighted by Gasteiger charge is 1.97. The summed E-state index contributed by atoms with van der Waals surface area (Å²) >= 11 is 8.49. The zero-order chi connectivity index (χ0) is 9.40. The SMILES string of the molecule is CCCCN(CCCC)[C-](S)S. The summed E-state index contributed by atoms with van der Waals surface area (Å²) in [4.78, 5) is 2.24. The Labute approximate surface area is 87.7 Å². The van der Waals surface area contributed by atoms with E-state index in [0.29, 0.717) is 0 Å². The summed E-state index contributed by atoms with van der Waals surface area (Å²) in [6, 6.07) is 0. The zero-order valence-electron chi connectivity index (χ0n) is 8.08. The van der Waals surface area contributed by atoms with Crippen LogP contribution in [0.15, 0.2) is 0 Å². The predicted octanol–water partition coefficient (Wildman–Crippen LogP) is 3.20. The van der Waals surface area contributed by atoms with Gasteiger partial charge in [0.25, 0.3) is 0 Å². The summed E-state index contributed by atoms with van der Waals surface area (Å²) in [7, 11) is 0. The first-order valence-corrected chi connectivity index (χ1v) is 5.61. The molecule has 1 nitrogen and oxygen atoms in total. The average molecular weight is 206 g/mol. The van der Waals surface area contributed by atoms with Gasteiger partial charge in [0.1, 0.15) is 0 Å². The maximum atomic E-state index is 4.25. The van der Waals surface area contributed by atoms with Gasteiger partial charge in [-0.15, -0.1) is 0 Å². The Kier molecular flexibility index (Phi) is 8.72. The topological polar surface area (TPSA) is 3.24 Å². The number of hydrogen-bond acceptors (Lipinski definition) is 3.